The maximum atomic E-state index is 5.15. The van der Waals surface area contributed by atoms with Crippen molar-refractivity contribution in [2.24, 2.45) is 0 Å². The third-order valence-corrected chi connectivity index (χ3v) is 3.66. The standard InChI is InChI=1S/C18H31NO/c1-15-10-6-7-12-17(15)16(11-8-9-13-20-5)14-19-18(2,3)4/h6-7,10,12,16,19H,8-9,11,13-14H2,1-5H3. The molecule has 1 N–H and O–H groups in total. The van der Waals surface area contributed by atoms with Gasteiger partial charge in [-0.15, -0.1) is 0 Å². The van der Waals surface area contributed by atoms with Crippen LogP contribution in [-0.4, -0.2) is 25.8 Å². The van der Waals surface area contributed by atoms with Gasteiger partial charge in [0.05, 0.1) is 0 Å². The van der Waals surface area contributed by atoms with Crippen molar-refractivity contribution in [3.63, 3.8) is 0 Å². The minimum Gasteiger partial charge on any atom is -0.385 e. The highest BCUT2D eigenvalue weighted by molar-refractivity contribution is 5.29. The van der Waals surface area contributed by atoms with Crippen molar-refractivity contribution < 1.29 is 4.74 Å². The number of hydrogen-bond acceptors (Lipinski definition) is 2. The summed E-state index contributed by atoms with van der Waals surface area (Å²) in [5.74, 6) is 0.590. The summed E-state index contributed by atoms with van der Waals surface area (Å²) in [6.07, 6.45) is 3.59. The largest absolute Gasteiger partial charge is 0.385 e. The second-order valence-corrected chi connectivity index (χ2v) is 6.67. The fourth-order valence-corrected chi connectivity index (χ4v) is 2.48. The minimum absolute atomic E-state index is 0.174. The molecular formula is C18H31NO. The van der Waals surface area contributed by atoms with Crippen molar-refractivity contribution >= 4 is 0 Å². The van der Waals surface area contributed by atoms with Gasteiger partial charge in [-0.25, -0.2) is 0 Å². The van der Waals surface area contributed by atoms with Gasteiger partial charge in [-0.1, -0.05) is 30.7 Å². The van der Waals surface area contributed by atoms with Crippen LogP contribution in [0.3, 0.4) is 0 Å². The van der Waals surface area contributed by atoms with E-state index in [1.807, 2.05) is 0 Å². The molecule has 0 aliphatic heterocycles. The normalized spacial score (nSPS) is 13.4. The maximum absolute atomic E-state index is 5.15. The number of ether oxygens (including phenoxy) is 1. The predicted octanol–water partition coefficient (Wildman–Crippen LogP) is 4.28. The van der Waals surface area contributed by atoms with Crippen molar-refractivity contribution in [2.45, 2.75) is 58.4 Å². The summed E-state index contributed by atoms with van der Waals surface area (Å²) in [5.41, 5.74) is 3.06. The average molecular weight is 277 g/mol. The van der Waals surface area contributed by atoms with Gasteiger partial charge in [0.1, 0.15) is 0 Å². The lowest BCUT2D eigenvalue weighted by atomic mass is 9.89. The monoisotopic (exact) mass is 277 g/mol. The van der Waals surface area contributed by atoms with Crippen LogP contribution in [0.4, 0.5) is 0 Å². The number of rotatable bonds is 8. The fraction of sp³-hybridized carbons (Fsp3) is 0.667. The topological polar surface area (TPSA) is 21.3 Å². The first kappa shape index (κ1) is 17.2. The van der Waals surface area contributed by atoms with Crippen LogP contribution in [0.5, 0.6) is 0 Å². The van der Waals surface area contributed by atoms with E-state index < -0.39 is 0 Å². The summed E-state index contributed by atoms with van der Waals surface area (Å²) in [6, 6.07) is 8.77. The van der Waals surface area contributed by atoms with Gasteiger partial charge >= 0.3 is 0 Å². The molecule has 2 nitrogen and oxygen atoms in total. The Labute approximate surface area is 124 Å². The molecule has 20 heavy (non-hydrogen) atoms. The lowest BCUT2D eigenvalue weighted by Crippen LogP contribution is -2.38. The van der Waals surface area contributed by atoms with Gasteiger partial charge in [-0.3, -0.25) is 0 Å². The molecule has 2 heteroatoms. The van der Waals surface area contributed by atoms with E-state index in [4.69, 9.17) is 4.74 Å². The second-order valence-electron chi connectivity index (χ2n) is 6.67. The Hall–Kier alpha value is -0.860. The fourth-order valence-electron chi connectivity index (χ4n) is 2.48. The molecule has 0 radical (unpaired) electrons. The van der Waals surface area contributed by atoms with Crippen LogP contribution in [0.2, 0.25) is 0 Å². The first-order chi connectivity index (χ1) is 9.44. The van der Waals surface area contributed by atoms with Crippen molar-refractivity contribution in [3.8, 4) is 0 Å². The number of benzene rings is 1. The van der Waals surface area contributed by atoms with Gasteiger partial charge in [0.15, 0.2) is 0 Å². The second kappa shape index (κ2) is 8.43. The molecular weight excluding hydrogens is 246 g/mol. The zero-order chi connectivity index (χ0) is 15.0. The highest BCUT2D eigenvalue weighted by atomic mass is 16.5. The van der Waals surface area contributed by atoms with Crippen molar-refractivity contribution in [3.05, 3.63) is 35.4 Å². The first-order valence-electron chi connectivity index (χ1n) is 7.73. The number of aryl methyl sites for hydroxylation is 1. The maximum Gasteiger partial charge on any atom is 0.0462 e. The summed E-state index contributed by atoms with van der Waals surface area (Å²) in [6.45, 7) is 10.8. The molecule has 1 aromatic rings. The zero-order valence-electron chi connectivity index (χ0n) is 13.8. The van der Waals surface area contributed by atoms with Gasteiger partial charge in [0.25, 0.3) is 0 Å². The molecule has 0 amide bonds. The zero-order valence-corrected chi connectivity index (χ0v) is 13.8. The van der Waals surface area contributed by atoms with E-state index >= 15 is 0 Å². The van der Waals surface area contributed by atoms with Gasteiger partial charge in [-0.2, -0.15) is 0 Å². The Morgan fingerprint density at radius 3 is 2.45 bits per heavy atom. The quantitative estimate of drug-likeness (QED) is 0.716. The molecule has 0 saturated carbocycles. The average Bonchev–Trinajstić information content (AvgIpc) is 2.38. The van der Waals surface area contributed by atoms with Crippen LogP contribution in [0, 0.1) is 6.92 Å². The Bertz CT molecular complexity index is 381. The third kappa shape index (κ3) is 6.53. The Morgan fingerprint density at radius 1 is 1.15 bits per heavy atom. The molecule has 114 valence electrons. The molecule has 0 aliphatic rings. The van der Waals surface area contributed by atoms with Gasteiger partial charge in [0, 0.05) is 25.8 Å². The smallest absolute Gasteiger partial charge is 0.0462 e. The van der Waals surface area contributed by atoms with Crippen molar-refractivity contribution in [2.75, 3.05) is 20.3 Å². The Balaban J connectivity index is 2.66. The van der Waals surface area contributed by atoms with Gasteiger partial charge < -0.3 is 10.1 Å². The van der Waals surface area contributed by atoms with E-state index in [-0.39, 0.29) is 5.54 Å². The van der Waals surface area contributed by atoms with Crippen LogP contribution in [0.1, 0.15) is 57.1 Å². The number of methoxy groups -OCH3 is 1. The molecule has 0 aliphatic carbocycles. The van der Waals surface area contributed by atoms with E-state index in [0.29, 0.717) is 5.92 Å². The summed E-state index contributed by atoms with van der Waals surface area (Å²) in [4.78, 5) is 0. The molecule has 0 spiro atoms. The van der Waals surface area contributed by atoms with Crippen LogP contribution >= 0.6 is 0 Å². The Kier molecular flexibility index (Phi) is 7.25. The molecule has 1 rings (SSSR count). The van der Waals surface area contributed by atoms with E-state index in [9.17, 15) is 0 Å². The van der Waals surface area contributed by atoms with Crippen LogP contribution in [0.15, 0.2) is 24.3 Å². The number of hydrogen-bond donors (Lipinski definition) is 1. The summed E-state index contributed by atoms with van der Waals surface area (Å²) in [5, 5.41) is 3.66. The van der Waals surface area contributed by atoms with Crippen molar-refractivity contribution in [1.82, 2.24) is 5.32 Å². The van der Waals surface area contributed by atoms with Crippen LogP contribution < -0.4 is 5.32 Å². The van der Waals surface area contributed by atoms with Gasteiger partial charge in [0.2, 0.25) is 0 Å². The summed E-state index contributed by atoms with van der Waals surface area (Å²) >= 11 is 0. The van der Waals surface area contributed by atoms with Gasteiger partial charge in [-0.05, 0) is 57.6 Å². The highest BCUT2D eigenvalue weighted by Gasteiger charge is 2.17. The molecule has 0 aromatic heterocycles. The molecule has 0 bridgehead atoms. The molecule has 0 fully saturated rings. The Morgan fingerprint density at radius 2 is 1.85 bits per heavy atom. The highest BCUT2D eigenvalue weighted by Crippen LogP contribution is 2.25. The molecule has 1 aromatic carbocycles. The molecule has 0 heterocycles. The number of unbranched alkanes of at least 4 members (excludes halogenated alkanes) is 1. The predicted molar refractivity (Wildman–Crippen MR) is 87.4 cm³/mol. The van der Waals surface area contributed by atoms with Crippen LogP contribution in [0.25, 0.3) is 0 Å². The van der Waals surface area contributed by atoms with E-state index in [0.717, 1.165) is 19.6 Å². The van der Waals surface area contributed by atoms with E-state index in [1.54, 1.807) is 7.11 Å². The summed E-state index contributed by atoms with van der Waals surface area (Å²) in [7, 11) is 1.78. The van der Waals surface area contributed by atoms with Crippen molar-refractivity contribution in [1.29, 1.82) is 0 Å². The SMILES string of the molecule is COCCCCC(CNC(C)(C)C)c1ccccc1C. The van der Waals surface area contributed by atoms with Crippen LogP contribution in [-0.2, 0) is 4.74 Å². The molecule has 1 unspecified atom stereocenters. The number of nitrogens with one attached hydrogen (secondary N) is 1. The lowest BCUT2D eigenvalue weighted by molar-refractivity contribution is 0.191. The van der Waals surface area contributed by atoms with E-state index in [1.165, 1.54) is 24.0 Å². The summed E-state index contributed by atoms with van der Waals surface area (Å²) < 4.78 is 5.15. The molecule has 0 saturated heterocycles. The lowest BCUT2D eigenvalue weighted by Gasteiger charge is -2.26. The molecule has 1 atom stereocenters. The van der Waals surface area contributed by atoms with E-state index in [2.05, 4.69) is 57.3 Å². The first-order valence-corrected chi connectivity index (χ1v) is 7.73. The third-order valence-electron chi connectivity index (χ3n) is 3.66. The minimum atomic E-state index is 0.174.